The van der Waals surface area contributed by atoms with Gasteiger partial charge in [0.15, 0.2) is 0 Å². The van der Waals surface area contributed by atoms with Gasteiger partial charge in [0, 0.05) is 48.9 Å². The van der Waals surface area contributed by atoms with Crippen molar-refractivity contribution in [3.63, 3.8) is 0 Å². The van der Waals surface area contributed by atoms with Crippen LogP contribution in [-0.2, 0) is 13.6 Å². The van der Waals surface area contributed by atoms with E-state index < -0.39 is 0 Å². The van der Waals surface area contributed by atoms with Crippen molar-refractivity contribution in [3.05, 3.63) is 59.5 Å². The Morgan fingerprint density at radius 2 is 2.07 bits per heavy atom. The molecular weight excluding hydrogens is 392 g/mol. The van der Waals surface area contributed by atoms with Gasteiger partial charge in [0.2, 0.25) is 0 Å². The molecule has 1 saturated heterocycles. The van der Waals surface area contributed by atoms with E-state index in [1.165, 1.54) is 30.7 Å². The third-order valence-corrected chi connectivity index (χ3v) is 7.80. The van der Waals surface area contributed by atoms with E-state index in [4.69, 9.17) is 0 Å². The van der Waals surface area contributed by atoms with Crippen LogP contribution in [0.2, 0.25) is 0 Å². The van der Waals surface area contributed by atoms with E-state index in [1.807, 2.05) is 53.9 Å². The summed E-state index contributed by atoms with van der Waals surface area (Å²) in [5.74, 6) is 1.81. The van der Waals surface area contributed by atoms with Gasteiger partial charge < -0.3 is 9.88 Å². The van der Waals surface area contributed by atoms with Gasteiger partial charge in [-0.1, -0.05) is 18.2 Å². The maximum atomic E-state index is 13.0. The van der Waals surface area contributed by atoms with Crippen LogP contribution in [0.25, 0.3) is 10.9 Å². The second-order valence-corrected chi connectivity index (χ2v) is 9.71. The lowest BCUT2D eigenvalue weighted by Crippen LogP contribution is -2.25. The van der Waals surface area contributed by atoms with Crippen molar-refractivity contribution in [3.8, 4) is 0 Å². The van der Waals surface area contributed by atoms with Crippen molar-refractivity contribution in [1.82, 2.24) is 19.2 Å². The van der Waals surface area contributed by atoms with E-state index in [2.05, 4.69) is 27.6 Å². The summed E-state index contributed by atoms with van der Waals surface area (Å²) in [5, 5.41) is 4.18. The fraction of sp³-hybridized carbons (Fsp3) is 0.417. The minimum atomic E-state index is -0.0365. The summed E-state index contributed by atoms with van der Waals surface area (Å²) in [6, 6.07) is 12.1. The van der Waals surface area contributed by atoms with Crippen LogP contribution in [0.1, 0.15) is 41.0 Å². The van der Waals surface area contributed by atoms with Crippen molar-refractivity contribution in [2.45, 2.75) is 37.6 Å². The predicted molar refractivity (Wildman–Crippen MR) is 121 cm³/mol. The number of hydrogen-bond donors (Lipinski definition) is 1. The summed E-state index contributed by atoms with van der Waals surface area (Å²) < 4.78 is 4.49. The minimum absolute atomic E-state index is 0.0365. The number of pyridine rings is 1. The summed E-state index contributed by atoms with van der Waals surface area (Å²) >= 11 is 1.82. The third-order valence-electron chi connectivity index (χ3n) is 6.60. The van der Waals surface area contributed by atoms with Crippen molar-refractivity contribution >= 4 is 28.8 Å². The highest BCUT2D eigenvalue weighted by Crippen LogP contribution is 2.43. The van der Waals surface area contributed by atoms with Gasteiger partial charge in [0.1, 0.15) is 5.69 Å². The topological polar surface area (TPSA) is 50.2 Å². The molecule has 0 radical (unpaired) electrons. The van der Waals surface area contributed by atoms with Gasteiger partial charge in [0.25, 0.3) is 5.91 Å². The molecule has 2 fully saturated rings. The average Bonchev–Trinajstić information content (AvgIpc) is 3.45. The molecule has 1 saturated carbocycles. The molecule has 1 aliphatic carbocycles. The van der Waals surface area contributed by atoms with Crippen molar-refractivity contribution in [2.24, 2.45) is 18.9 Å². The molecule has 1 atom stereocenters. The van der Waals surface area contributed by atoms with E-state index in [9.17, 15) is 4.79 Å². The number of hydrogen-bond acceptors (Lipinski definition) is 4. The molecule has 30 heavy (non-hydrogen) atoms. The number of carbonyl (C=O) groups excluding carboxylic acids is 1. The Balaban J connectivity index is 1.27. The smallest absolute Gasteiger partial charge is 0.268 e. The summed E-state index contributed by atoms with van der Waals surface area (Å²) in [4.78, 5) is 18.5. The number of nitrogens with one attached hydrogen (secondary N) is 1. The number of rotatable bonds is 6. The molecule has 5 rings (SSSR count). The zero-order chi connectivity index (χ0) is 20.7. The molecule has 1 unspecified atom stereocenters. The normalized spacial score (nSPS) is 19.5. The van der Waals surface area contributed by atoms with Crippen LogP contribution in [0, 0.1) is 18.8 Å². The predicted octanol–water partition coefficient (Wildman–Crippen LogP) is 4.55. The lowest BCUT2D eigenvalue weighted by Gasteiger charge is -2.14. The first-order valence-corrected chi connectivity index (χ1v) is 11.6. The Morgan fingerprint density at radius 3 is 2.90 bits per heavy atom. The quantitative estimate of drug-likeness (QED) is 0.595. The molecule has 0 spiro atoms. The molecule has 3 heterocycles. The second kappa shape index (κ2) is 8.08. The van der Waals surface area contributed by atoms with Crippen LogP contribution < -0.4 is 5.32 Å². The van der Waals surface area contributed by atoms with Gasteiger partial charge in [-0.25, -0.2) is 4.31 Å². The van der Waals surface area contributed by atoms with Crippen molar-refractivity contribution in [2.75, 3.05) is 13.1 Å². The number of aromatic nitrogens is 2. The zero-order valence-electron chi connectivity index (χ0n) is 17.6. The lowest BCUT2D eigenvalue weighted by molar-refractivity contribution is 0.0942. The van der Waals surface area contributed by atoms with Gasteiger partial charge in [-0.15, -0.1) is 0 Å². The third kappa shape index (κ3) is 3.86. The summed E-state index contributed by atoms with van der Waals surface area (Å²) in [6.45, 7) is 4.92. The van der Waals surface area contributed by atoms with Crippen LogP contribution in [0.4, 0.5) is 0 Å². The van der Waals surface area contributed by atoms with Crippen LogP contribution >= 0.6 is 11.9 Å². The number of nitrogens with zero attached hydrogens (tertiary/aromatic N) is 3. The van der Waals surface area contributed by atoms with Crippen molar-refractivity contribution in [1.29, 1.82) is 0 Å². The number of benzene rings is 1. The SMILES string of the molecule is Cc1c(SN2CCC(C3CC3)C2)cc(C(=O)NCc2cccc3ncccc23)n1C. The van der Waals surface area contributed by atoms with Gasteiger partial charge in [-0.3, -0.25) is 9.78 Å². The molecule has 5 nitrogen and oxygen atoms in total. The molecule has 1 aromatic carbocycles. The van der Waals surface area contributed by atoms with E-state index >= 15 is 0 Å². The van der Waals surface area contributed by atoms with E-state index in [0.29, 0.717) is 12.2 Å². The van der Waals surface area contributed by atoms with Crippen LogP contribution in [0.3, 0.4) is 0 Å². The monoisotopic (exact) mass is 420 g/mol. The van der Waals surface area contributed by atoms with Crippen molar-refractivity contribution < 1.29 is 4.79 Å². The Bertz CT molecular complexity index is 1080. The van der Waals surface area contributed by atoms with E-state index in [0.717, 1.165) is 40.5 Å². The Hall–Kier alpha value is -2.31. The van der Waals surface area contributed by atoms with Crippen LogP contribution in [0.15, 0.2) is 47.5 Å². The number of amides is 1. The highest BCUT2D eigenvalue weighted by atomic mass is 32.2. The minimum Gasteiger partial charge on any atom is -0.347 e. The van der Waals surface area contributed by atoms with Gasteiger partial charge >= 0.3 is 0 Å². The largest absolute Gasteiger partial charge is 0.347 e. The summed E-state index contributed by atoms with van der Waals surface area (Å²) in [7, 11) is 1.98. The van der Waals surface area contributed by atoms with E-state index in [1.54, 1.807) is 6.20 Å². The number of fused-ring (bicyclic) bond motifs is 1. The van der Waals surface area contributed by atoms with Gasteiger partial charge in [0.05, 0.1) is 5.52 Å². The Kier molecular flexibility index (Phi) is 5.29. The summed E-state index contributed by atoms with van der Waals surface area (Å²) in [6.07, 6.45) is 5.95. The molecule has 1 amide bonds. The first-order chi connectivity index (χ1) is 14.6. The average molecular weight is 421 g/mol. The highest BCUT2D eigenvalue weighted by Gasteiger charge is 2.36. The first-order valence-electron chi connectivity index (χ1n) is 10.8. The van der Waals surface area contributed by atoms with Crippen LogP contribution in [-0.4, -0.2) is 32.9 Å². The molecule has 6 heteroatoms. The number of carbonyl (C=O) groups is 1. The van der Waals surface area contributed by atoms with Crippen LogP contribution in [0.5, 0.6) is 0 Å². The molecule has 1 aliphatic heterocycles. The van der Waals surface area contributed by atoms with E-state index in [-0.39, 0.29) is 5.91 Å². The van der Waals surface area contributed by atoms with Gasteiger partial charge in [-0.2, -0.15) is 0 Å². The van der Waals surface area contributed by atoms with Gasteiger partial charge in [-0.05, 0) is 73.7 Å². The molecule has 3 aromatic rings. The maximum Gasteiger partial charge on any atom is 0.268 e. The molecular formula is C24H28N4OS. The lowest BCUT2D eigenvalue weighted by atomic mass is 10.0. The fourth-order valence-corrected chi connectivity index (χ4v) is 5.67. The molecule has 0 bridgehead atoms. The summed E-state index contributed by atoms with van der Waals surface area (Å²) in [5.41, 5.74) is 3.89. The highest BCUT2D eigenvalue weighted by molar-refractivity contribution is 7.97. The standard InChI is InChI=1S/C24H28N4OS/c1-16-23(30-28-12-10-19(15-28)17-8-9-17)13-22(27(16)2)24(29)26-14-18-5-3-7-21-20(18)6-4-11-25-21/h3-7,11,13,17,19H,8-10,12,14-15H2,1-2H3,(H,26,29). The molecule has 2 aliphatic rings. The first kappa shape index (κ1) is 19.6. The Labute approximate surface area is 182 Å². The molecule has 2 aromatic heterocycles. The molecule has 156 valence electrons. The zero-order valence-corrected chi connectivity index (χ0v) is 18.4. The molecule has 1 N–H and O–H groups in total. The fourth-order valence-electron chi connectivity index (χ4n) is 4.50. The Morgan fingerprint density at radius 1 is 1.20 bits per heavy atom. The maximum absolute atomic E-state index is 13.0. The second-order valence-electron chi connectivity index (χ2n) is 8.57.